The Morgan fingerprint density at radius 1 is 0.972 bits per heavy atom. The molecule has 1 saturated heterocycles. The van der Waals surface area contributed by atoms with Gasteiger partial charge in [0, 0.05) is 38.6 Å². The molecule has 7 heteroatoms. The maximum atomic E-state index is 10.9. The molecule has 4 bridgehead atoms. The van der Waals surface area contributed by atoms with Crippen LogP contribution in [0.4, 0.5) is 0 Å². The van der Waals surface area contributed by atoms with E-state index in [4.69, 9.17) is 24.0 Å². The topological polar surface area (TPSA) is 69.6 Å². The first-order valence-corrected chi connectivity index (χ1v) is 14.2. The first kappa shape index (κ1) is 25.1. The molecule has 7 nitrogen and oxygen atoms in total. The number of ether oxygens (including phenoxy) is 3. The van der Waals surface area contributed by atoms with Gasteiger partial charge in [0.25, 0.3) is 0 Å². The van der Waals surface area contributed by atoms with Crippen LogP contribution < -0.4 is 4.74 Å². The first-order valence-electron chi connectivity index (χ1n) is 14.2. The lowest BCUT2D eigenvalue weighted by Gasteiger charge is -2.61. The summed E-state index contributed by atoms with van der Waals surface area (Å²) >= 11 is 0. The third-order valence-corrected chi connectivity index (χ3v) is 9.73. The van der Waals surface area contributed by atoms with Gasteiger partial charge in [-0.2, -0.15) is 0 Å². The van der Waals surface area contributed by atoms with E-state index in [9.17, 15) is 5.11 Å². The molecule has 1 aromatic carbocycles. The summed E-state index contributed by atoms with van der Waals surface area (Å²) in [6, 6.07) is 8.68. The van der Waals surface area contributed by atoms with E-state index in [1.807, 2.05) is 0 Å². The van der Waals surface area contributed by atoms with Crippen LogP contribution in [0.25, 0.3) is 0 Å². The largest absolute Gasteiger partial charge is 0.492 e. The summed E-state index contributed by atoms with van der Waals surface area (Å²) in [5.74, 6) is 1.88. The highest BCUT2D eigenvalue weighted by atomic mass is 17.2. The van der Waals surface area contributed by atoms with Crippen LogP contribution in [-0.2, 0) is 19.2 Å². The molecule has 0 spiro atoms. The molecule has 5 saturated carbocycles. The Kier molecular flexibility index (Phi) is 7.32. The minimum Gasteiger partial charge on any atom is -0.492 e. The highest BCUT2D eigenvalue weighted by Gasteiger charge is 2.64. The lowest BCUT2D eigenvalue weighted by Crippen LogP contribution is -2.65. The molecular weight excluding hydrogens is 458 g/mol. The quantitative estimate of drug-likeness (QED) is 0.308. The van der Waals surface area contributed by atoms with Crippen molar-refractivity contribution in [1.82, 2.24) is 4.90 Å². The molecule has 6 aliphatic rings. The van der Waals surface area contributed by atoms with Crippen molar-refractivity contribution in [3.8, 4) is 5.75 Å². The van der Waals surface area contributed by atoms with Crippen LogP contribution in [0.3, 0.4) is 0 Å². The van der Waals surface area contributed by atoms with Crippen LogP contribution in [-0.4, -0.2) is 74.1 Å². The summed E-state index contributed by atoms with van der Waals surface area (Å²) < 4.78 is 17.4. The van der Waals surface area contributed by atoms with Gasteiger partial charge in [0.2, 0.25) is 5.79 Å². The summed E-state index contributed by atoms with van der Waals surface area (Å²) in [6.45, 7) is 5.31. The van der Waals surface area contributed by atoms with Crippen molar-refractivity contribution in [3.63, 3.8) is 0 Å². The molecule has 1 heterocycles. The van der Waals surface area contributed by atoms with Crippen molar-refractivity contribution in [1.29, 1.82) is 0 Å². The van der Waals surface area contributed by atoms with Crippen LogP contribution >= 0.6 is 0 Å². The zero-order valence-electron chi connectivity index (χ0n) is 21.7. The number of nitrogens with zero attached hydrogens (tertiary/aromatic N) is 1. The Morgan fingerprint density at radius 2 is 1.67 bits per heavy atom. The van der Waals surface area contributed by atoms with E-state index in [1.165, 1.54) is 5.56 Å². The predicted octanol–water partition coefficient (Wildman–Crippen LogP) is 4.29. The second-order valence-electron chi connectivity index (χ2n) is 12.0. The fraction of sp³-hybridized carbons (Fsp3) is 0.793. The van der Waals surface area contributed by atoms with E-state index >= 15 is 0 Å². The average molecular weight is 502 g/mol. The lowest BCUT2D eigenvalue weighted by molar-refractivity contribution is -0.490. The number of hydrogen-bond acceptors (Lipinski definition) is 7. The van der Waals surface area contributed by atoms with Crippen LogP contribution in [0.5, 0.6) is 5.75 Å². The normalized spacial score (nSPS) is 40.4. The lowest BCUT2D eigenvalue weighted by atomic mass is 9.51. The summed E-state index contributed by atoms with van der Waals surface area (Å²) in [7, 11) is 1.75. The maximum absolute atomic E-state index is 10.9. The minimum atomic E-state index is -0.683. The zero-order valence-corrected chi connectivity index (χ0v) is 21.7. The number of methoxy groups -OCH3 is 1. The molecule has 1 aliphatic heterocycles. The highest BCUT2D eigenvalue weighted by Crippen LogP contribution is 2.61. The Morgan fingerprint density at radius 3 is 2.31 bits per heavy atom. The van der Waals surface area contributed by atoms with Gasteiger partial charge in [-0.05, 0) is 87.3 Å². The molecule has 0 aromatic heterocycles. The van der Waals surface area contributed by atoms with Crippen molar-refractivity contribution in [3.05, 3.63) is 29.8 Å². The van der Waals surface area contributed by atoms with E-state index < -0.39 is 11.4 Å². The summed E-state index contributed by atoms with van der Waals surface area (Å²) in [4.78, 5) is 14.7. The molecule has 7 rings (SSSR count). The van der Waals surface area contributed by atoms with E-state index in [1.54, 1.807) is 7.11 Å². The molecule has 2 atom stereocenters. The highest BCUT2D eigenvalue weighted by molar-refractivity contribution is 5.29. The van der Waals surface area contributed by atoms with Crippen LogP contribution in [0.1, 0.15) is 69.3 Å². The fourth-order valence-electron chi connectivity index (χ4n) is 7.98. The third kappa shape index (κ3) is 5.07. The molecule has 200 valence electrons. The monoisotopic (exact) mass is 501 g/mol. The maximum Gasteiger partial charge on any atom is 0.207 e. The van der Waals surface area contributed by atoms with E-state index in [2.05, 4.69) is 29.2 Å². The third-order valence-electron chi connectivity index (χ3n) is 9.73. The molecule has 1 N–H and O–H groups in total. The Balaban J connectivity index is 0.957. The molecule has 6 fully saturated rings. The Bertz CT molecular complexity index is 847. The van der Waals surface area contributed by atoms with Gasteiger partial charge in [0.15, 0.2) is 0 Å². The first-order chi connectivity index (χ1) is 17.6. The van der Waals surface area contributed by atoms with Crippen molar-refractivity contribution in [2.24, 2.45) is 17.8 Å². The van der Waals surface area contributed by atoms with Gasteiger partial charge in [0.1, 0.15) is 12.4 Å². The van der Waals surface area contributed by atoms with Crippen molar-refractivity contribution in [2.75, 3.05) is 46.6 Å². The van der Waals surface area contributed by atoms with Crippen molar-refractivity contribution in [2.45, 2.75) is 81.2 Å². The predicted molar refractivity (Wildman–Crippen MR) is 135 cm³/mol. The minimum absolute atomic E-state index is 0.108. The van der Waals surface area contributed by atoms with Gasteiger partial charge in [0.05, 0.1) is 24.9 Å². The molecule has 2 unspecified atom stereocenters. The number of hydrogen-bond donors (Lipinski definition) is 1. The number of morpholine rings is 1. The van der Waals surface area contributed by atoms with Gasteiger partial charge in [-0.15, -0.1) is 0 Å². The second kappa shape index (κ2) is 10.5. The smallest absolute Gasteiger partial charge is 0.207 e. The Labute approximate surface area is 215 Å². The number of benzene rings is 1. The van der Waals surface area contributed by atoms with Crippen LogP contribution in [0.15, 0.2) is 24.3 Å². The van der Waals surface area contributed by atoms with Crippen molar-refractivity contribution >= 4 is 0 Å². The van der Waals surface area contributed by atoms with Crippen LogP contribution in [0, 0.1) is 17.8 Å². The molecule has 0 amide bonds. The van der Waals surface area contributed by atoms with Gasteiger partial charge in [-0.3, -0.25) is 4.90 Å². The SMILES string of the molecule is CO[C@]1(OO[C@H]2CC[C@@H](c3ccc(OCCN4CCOCC4)cc3)CC2)C2CC3CC1C[C@@](O)(C3)C2. The molecular formula is C29H43NO6. The Hall–Kier alpha value is -1.22. The van der Waals surface area contributed by atoms with E-state index in [0.29, 0.717) is 18.4 Å². The number of aliphatic hydroxyl groups is 1. The second-order valence-corrected chi connectivity index (χ2v) is 12.0. The standard InChI is InChI=1S/C29H43NO6/c1-32-29(24-16-21-17-25(29)20-28(31,18-21)19-24)36-35-27-8-4-23(5-9-27)22-2-6-26(7-3-22)34-15-12-30-10-13-33-14-11-30/h2-3,6-7,21,23-25,27,31H,4-5,8-20H2,1H3/t21?,23-,24?,25?,27+,28-,29+. The molecule has 5 aliphatic carbocycles. The summed E-state index contributed by atoms with van der Waals surface area (Å²) in [6.07, 6.45) is 8.94. The van der Waals surface area contributed by atoms with Crippen LogP contribution in [0.2, 0.25) is 0 Å². The molecule has 1 aromatic rings. The molecule has 36 heavy (non-hydrogen) atoms. The van der Waals surface area contributed by atoms with E-state index in [0.717, 1.165) is 96.4 Å². The van der Waals surface area contributed by atoms with Gasteiger partial charge < -0.3 is 19.3 Å². The number of rotatable bonds is 9. The fourth-order valence-corrected chi connectivity index (χ4v) is 7.98. The van der Waals surface area contributed by atoms with Crippen molar-refractivity contribution < 1.29 is 29.1 Å². The molecule has 0 radical (unpaired) electrons. The van der Waals surface area contributed by atoms with Gasteiger partial charge >= 0.3 is 0 Å². The van der Waals surface area contributed by atoms with E-state index in [-0.39, 0.29) is 17.9 Å². The summed E-state index contributed by atoms with van der Waals surface area (Å²) in [5.41, 5.74) is 0.876. The van der Waals surface area contributed by atoms with Gasteiger partial charge in [-0.25, -0.2) is 9.78 Å². The average Bonchev–Trinajstić information content (AvgIpc) is 2.89. The van der Waals surface area contributed by atoms with Gasteiger partial charge in [-0.1, -0.05) is 12.1 Å². The summed E-state index contributed by atoms with van der Waals surface area (Å²) in [5, 5.41) is 10.9. The zero-order chi connectivity index (χ0) is 24.6.